The summed E-state index contributed by atoms with van der Waals surface area (Å²) in [5, 5.41) is 2.80. The number of nitrogens with zero attached hydrogens (tertiary/aromatic N) is 2. The molecule has 156 valence electrons. The average Bonchev–Trinajstić information content (AvgIpc) is 3.01. The van der Waals surface area contributed by atoms with Gasteiger partial charge in [0, 0.05) is 29.7 Å². The van der Waals surface area contributed by atoms with E-state index in [0.717, 1.165) is 17.0 Å². The zero-order valence-electron chi connectivity index (χ0n) is 16.4. The van der Waals surface area contributed by atoms with Crippen molar-refractivity contribution in [3.05, 3.63) is 95.4 Å². The summed E-state index contributed by atoms with van der Waals surface area (Å²) < 4.78 is 32.4. The molecule has 1 N–H and O–H groups in total. The second-order valence-electron chi connectivity index (χ2n) is 6.76. The summed E-state index contributed by atoms with van der Waals surface area (Å²) in [6.07, 6.45) is 3.13. The van der Waals surface area contributed by atoms with Gasteiger partial charge in [-0.1, -0.05) is 18.2 Å². The molecule has 0 spiro atoms. The van der Waals surface area contributed by atoms with E-state index < -0.39 is 23.4 Å². The van der Waals surface area contributed by atoms with E-state index in [1.54, 1.807) is 48.8 Å². The highest BCUT2D eigenvalue weighted by atomic mass is 19.2. The maximum Gasteiger partial charge on any atom is 0.278 e. The van der Waals surface area contributed by atoms with Crippen molar-refractivity contribution in [3.63, 3.8) is 0 Å². The molecule has 0 bridgehead atoms. The van der Waals surface area contributed by atoms with Gasteiger partial charge in [0.15, 0.2) is 11.6 Å². The Morgan fingerprint density at radius 2 is 1.71 bits per heavy atom. The number of carbonyl (C=O) groups is 2. The van der Waals surface area contributed by atoms with Crippen LogP contribution in [0.2, 0.25) is 0 Å². The quantitative estimate of drug-likeness (QED) is 0.614. The largest absolute Gasteiger partial charge is 0.496 e. The number of anilines is 1. The van der Waals surface area contributed by atoms with Crippen molar-refractivity contribution in [2.45, 2.75) is 6.54 Å². The number of methoxy groups -OCH3 is 1. The smallest absolute Gasteiger partial charge is 0.278 e. The lowest BCUT2D eigenvalue weighted by atomic mass is 10.0. The standard InChI is InChI=1S/C23H17F2N3O3/c1-31-19-5-3-2-4-16(19)20-21(27-15-6-7-17(24)18(25)12-15)23(30)28(22(20)29)13-14-8-10-26-11-9-14/h2-12,27H,13H2,1H3. The summed E-state index contributed by atoms with van der Waals surface area (Å²) in [6, 6.07) is 13.3. The molecule has 0 radical (unpaired) electrons. The fraction of sp³-hybridized carbons (Fsp3) is 0.0870. The summed E-state index contributed by atoms with van der Waals surface area (Å²) in [7, 11) is 1.46. The summed E-state index contributed by atoms with van der Waals surface area (Å²) in [6.45, 7) is 0.0296. The van der Waals surface area contributed by atoms with E-state index in [9.17, 15) is 18.4 Å². The van der Waals surface area contributed by atoms with Gasteiger partial charge in [-0.3, -0.25) is 19.5 Å². The van der Waals surface area contributed by atoms with Crippen LogP contribution in [-0.2, 0) is 16.1 Å². The third kappa shape index (κ3) is 3.87. The van der Waals surface area contributed by atoms with Crippen LogP contribution in [-0.4, -0.2) is 28.8 Å². The normalized spacial score (nSPS) is 13.7. The molecule has 2 heterocycles. The molecule has 2 aromatic carbocycles. The monoisotopic (exact) mass is 421 g/mol. The van der Waals surface area contributed by atoms with E-state index in [-0.39, 0.29) is 23.5 Å². The summed E-state index contributed by atoms with van der Waals surface area (Å²) >= 11 is 0. The van der Waals surface area contributed by atoms with Crippen molar-refractivity contribution in [2.75, 3.05) is 12.4 Å². The minimum atomic E-state index is -1.07. The van der Waals surface area contributed by atoms with Crippen molar-refractivity contribution in [1.29, 1.82) is 0 Å². The highest BCUT2D eigenvalue weighted by Gasteiger charge is 2.40. The lowest BCUT2D eigenvalue weighted by Crippen LogP contribution is -2.32. The SMILES string of the molecule is COc1ccccc1C1=C(Nc2ccc(F)c(F)c2)C(=O)N(Cc2ccncc2)C1=O. The van der Waals surface area contributed by atoms with E-state index >= 15 is 0 Å². The molecule has 6 nitrogen and oxygen atoms in total. The van der Waals surface area contributed by atoms with Gasteiger partial charge in [-0.25, -0.2) is 8.78 Å². The Bertz CT molecular complexity index is 1200. The molecule has 3 aromatic rings. The second-order valence-corrected chi connectivity index (χ2v) is 6.76. The molecule has 1 aromatic heterocycles. The Balaban J connectivity index is 1.79. The zero-order valence-corrected chi connectivity index (χ0v) is 16.4. The van der Waals surface area contributed by atoms with E-state index in [2.05, 4.69) is 10.3 Å². The Labute approximate surface area is 176 Å². The third-order valence-electron chi connectivity index (χ3n) is 4.82. The molecule has 4 rings (SSSR count). The number of ether oxygens (including phenoxy) is 1. The van der Waals surface area contributed by atoms with Crippen LogP contribution in [0.1, 0.15) is 11.1 Å². The van der Waals surface area contributed by atoms with Gasteiger partial charge in [-0.2, -0.15) is 0 Å². The molecule has 0 saturated carbocycles. The number of nitrogens with one attached hydrogen (secondary N) is 1. The van der Waals surface area contributed by atoms with Crippen LogP contribution < -0.4 is 10.1 Å². The van der Waals surface area contributed by atoms with E-state index in [0.29, 0.717) is 16.9 Å². The Morgan fingerprint density at radius 1 is 0.968 bits per heavy atom. The number of benzene rings is 2. The Hall–Kier alpha value is -4.07. The van der Waals surface area contributed by atoms with Crippen molar-refractivity contribution >= 4 is 23.1 Å². The average molecular weight is 421 g/mol. The first-order valence-corrected chi connectivity index (χ1v) is 9.34. The van der Waals surface area contributed by atoms with Gasteiger partial charge in [-0.05, 0) is 35.9 Å². The van der Waals surface area contributed by atoms with Gasteiger partial charge in [0.05, 0.1) is 19.2 Å². The van der Waals surface area contributed by atoms with Crippen molar-refractivity contribution in [3.8, 4) is 5.75 Å². The van der Waals surface area contributed by atoms with Crippen molar-refractivity contribution in [1.82, 2.24) is 9.88 Å². The highest BCUT2D eigenvalue weighted by Crippen LogP contribution is 2.36. The first-order chi connectivity index (χ1) is 15.0. The molecule has 31 heavy (non-hydrogen) atoms. The molecular weight excluding hydrogens is 404 g/mol. The number of halogens is 2. The number of carbonyl (C=O) groups excluding carboxylic acids is 2. The van der Waals surface area contributed by atoms with Gasteiger partial charge < -0.3 is 10.1 Å². The topological polar surface area (TPSA) is 71.5 Å². The van der Waals surface area contributed by atoms with Crippen molar-refractivity contribution < 1.29 is 23.1 Å². The van der Waals surface area contributed by atoms with Gasteiger partial charge in [0.2, 0.25) is 0 Å². The Kier molecular flexibility index (Phi) is 5.44. The molecule has 0 unspecified atom stereocenters. The maximum absolute atomic E-state index is 13.7. The van der Waals surface area contributed by atoms with Crippen LogP contribution in [0.15, 0.2) is 72.7 Å². The van der Waals surface area contributed by atoms with Crippen LogP contribution >= 0.6 is 0 Å². The predicted octanol–water partition coefficient (Wildman–Crippen LogP) is 3.76. The minimum absolute atomic E-state index is 0.0296. The lowest BCUT2D eigenvalue weighted by Gasteiger charge is -2.15. The van der Waals surface area contributed by atoms with Gasteiger partial charge in [0.1, 0.15) is 11.4 Å². The molecule has 2 amide bonds. The van der Waals surface area contributed by atoms with Gasteiger partial charge in [0.25, 0.3) is 11.8 Å². The number of aromatic nitrogens is 1. The molecule has 0 saturated heterocycles. The summed E-state index contributed by atoms with van der Waals surface area (Å²) in [5.41, 5.74) is 1.29. The molecule has 1 aliphatic rings. The highest BCUT2D eigenvalue weighted by molar-refractivity contribution is 6.36. The van der Waals surface area contributed by atoms with Crippen LogP contribution in [0, 0.1) is 11.6 Å². The number of imide groups is 1. The third-order valence-corrected chi connectivity index (χ3v) is 4.82. The number of hydrogen-bond acceptors (Lipinski definition) is 5. The van der Waals surface area contributed by atoms with Crippen LogP contribution in [0.25, 0.3) is 5.57 Å². The zero-order chi connectivity index (χ0) is 22.0. The molecule has 0 aliphatic carbocycles. The first kappa shape index (κ1) is 20.2. The number of amides is 2. The fourth-order valence-electron chi connectivity index (χ4n) is 3.33. The predicted molar refractivity (Wildman–Crippen MR) is 110 cm³/mol. The van der Waals surface area contributed by atoms with Crippen molar-refractivity contribution in [2.24, 2.45) is 0 Å². The minimum Gasteiger partial charge on any atom is -0.496 e. The van der Waals surface area contributed by atoms with E-state index in [1.807, 2.05) is 0 Å². The van der Waals surface area contributed by atoms with Crippen LogP contribution in [0.5, 0.6) is 5.75 Å². The van der Waals surface area contributed by atoms with Crippen LogP contribution in [0.3, 0.4) is 0 Å². The second kappa shape index (κ2) is 8.35. The molecule has 8 heteroatoms. The fourth-order valence-corrected chi connectivity index (χ4v) is 3.33. The van der Waals surface area contributed by atoms with E-state index in [4.69, 9.17) is 4.74 Å². The maximum atomic E-state index is 13.7. The summed E-state index contributed by atoms with van der Waals surface area (Å²) in [4.78, 5) is 31.6. The summed E-state index contributed by atoms with van der Waals surface area (Å²) in [5.74, 6) is -2.81. The van der Waals surface area contributed by atoms with Gasteiger partial charge >= 0.3 is 0 Å². The van der Waals surface area contributed by atoms with Crippen LogP contribution in [0.4, 0.5) is 14.5 Å². The number of rotatable bonds is 6. The Morgan fingerprint density at radius 3 is 2.42 bits per heavy atom. The molecular formula is C23H17F2N3O3. The number of hydrogen-bond donors (Lipinski definition) is 1. The molecule has 0 fully saturated rings. The first-order valence-electron chi connectivity index (χ1n) is 9.34. The van der Waals surface area contributed by atoms with E-state index in [1.165, 1.54) is 13.2 Å². The number of para-hydroxylation sites is 1. The van der Waals surface area contributed by atoms with Gasteiger partial charge in [-0.15, -0.1) is 0 Å². The molecule has 0 atom stereocenters. The lowest BCUT2D eigenvalue weighted by molar-refractivity contribution is -0.137. The molecule has 1 aliphatic heterocycles. The number of pyridine rings is 1.